The fourth-order valence-corrected chi connectivity index (χ4v) is 3.50. The summed E-state index contributed by atoms with van der Waals surface area (Å²) >= 11 is 0. The first kappa shape index (κ1) is 18.8. The van der Waals surface area contributed by atoms with Gasteiger partial charge in [0.25, 0.3) is 0 Å². The molecule has 0 spiro atoms. The molecule has 1 N–H and O–H groups in total. The van der Waals surface area contributed by atoms with Crippen molar-refractivity contribution in [1.29, 1.82) is 0 Å². The van der Waals surface area contributed by atoms with Gasteiger partial charge < -0.3 is 5.32 Å². The van der Waals surface area contributed by atoms with Crippen molar-refractivity contribution < 1.29 is 22.0 Å². The lowest BCUT2D eigenvalue weighted by atomic mass is 10.0. The lowest BCUT2D eigenvalue weighted by Gasteiger charge is -2.11. The van der Waals surface area contributed by atoms with Crippen LogP contribution in [0.4, 0.5) is 22.0 Å². The molecule has 1 saturated carbocycles. The topological polar surface area (TPSA) is 29.9 Å². The van der Waals surface area contributed by atoms with Crippen LogP contribution in [0.25, 0.3) is 11.3 Å². The van der Waals surface area contributed by atoms with Crippen LogP contribution in [0.5, 0.6) is 0 Å². The van der Waals surface area contributed by atoms with E-state index in [0.29, 0.717) is 42.4 Å². The summed E-state index contributed by atoms with van der Waals surface area (Å²) in [5.74, 6) is -0.949. The van der Waals surface area contributed by atoms with E-state index in [-0.39, 0.29) is 11.6 Å². The Balaban J connectivity index is 1.87. The van der Waals surface area contributed by atoms with Crippen LogP contribution in [0.2, 0.25) is 0 Å². The van der Waals surface area contributed by atoms with E-state index in [0.717, 1.165) is 18.6 Å². The molecule has 2 aromatic rings. The summed E-state index contributed by atoms with van der Waals surface area (Å²) in [7, 11) is 1.61. The second kappa shape index (κ2) is 6.98. The number of aryl methyl sites for hydroxylation is 1. The molecule has 0 radical (unpaired) electrons. The van der Waals surface area contributed by atoms with Crippen molar-refractivity contribution in [2.75, 3.05) is 0 Å². The van der Waals surface area contributed by atoms with Crippen molar-refractivity contribution in [1.82, 2.24) is 15.1 Å². The summed E-state index contributed by atoms with van der Waals surface area (Å²) in [5, 5.41) is 7.58. The third-order valence-electron chi connectivity index (χ3n) is 4.81. The maximum atomic E-state index is 13.7. The molecule has 1 aromatic carbocycles. The number of nitrogens with zero attached hydrogens (tertiary/aromatic N) is 2. The van der Waals surface area contributed by atoms with Gasteiger partial charge in [0.2, 0.25) is 0 Å². The standard InChI is InChI=1S/C18H20F5N3/c1-10-16(9-24-15-4-3-13(19)8-15)25-26(2)17(10)11-5-12(18(21,22)23)7-14(20)6-11/h5-7,13,15,24H,3-4,8-9H2,1-2H3/t13-,15+/m1/s1. The first-order valence-electron chi connectivity index (χ1n) is 8.43. The van der Waals surface area contributed by atoms with Crippen LogP contribution in [0.3, 0.4) is 0 Å². The fourth-order valence-electron chi connectivity index (χ4n) is 3.50. The van der Waals surface area contributed by atoms with Crippen molar-refractivity contribution in [3.8, 4) is 11.3 Å². The molecule has 0 bridgehead atoms. The zero-order chi connectivity index (χ0) is 19.1. The minimum atomic E-state index is -4.63. The van der Waals surface area contributed by atoms with Gasteiger partial charge in [0.05, 0.1) is 17.0 Å². The molecule has 1 aliphatic rings. The van der Waals surface area contributed by atoms with E-state index in [1.165, 1.54) is 4.68 Å². The van der Waals surface area contributed by atoms with Gasteiger partial charge in [-0.3, -0.25) is 4.68 Å². The summed E-state index contributed by atoms with van der Waals surface area (Å²) in [4.78, 5) is 0. The molecule has 142 valence electrons. The van der Waals surface area contributed by atoms with E-state index in [1.807, 2.05) is 0 Å². The Morgan fingerprint density at radius 1 is 1.23 bits per heavy atom. The summed E-state index contributed by atoms with van der Waals surface area (Å²) in [5.41, 5.74) is 0.853. The molecule has 26 heavy (non-hydrogen) atoms. The molecule has 0 amide bonds. The predicted molar refractivity (Wildman–Crippen MR) is 87.7 cm³/mol. The van der Waals surface area contributed by atoms with Crippen molar-refractivity contribution in [2.24, 2.45) is 7.05 Å². The number of hydrogen-bond donors (Lipinski definition) is 1. The first-order chi connectivity index (χ1) is 12.1. The van der Waals surface area contributed by atoms with Crippen molar-refractivity contribution in [3.05, 3.63) is 40.8 Å². The van der Waals surface area contributed by atoms with Gasteiger partial charge >= 0.3 is 6.18 Å². The highest BCUT2D eigenvalue weighted by Crippen LogP contribution is 2.34. The number of aromatic nitrogens is 2. The average Bonchev–Trinajstić information content (AvgIpc) is 3.07. The molecular formula is C18H20F5N3. The number of rotatable bonds is 4. The molecule has 1 fully saturated rings. The van der Waals surface area contributed by atoms with E-state index in [2.05, 4.69) is 10.4 Å². The summed E-state index contributed by atoms with van der Waals surface area (Å²) < 4.78 is 67.3. The van der Waals surface area contributed by atoms with Crippen molar-refractivity contribution in [2.45, 2.75) is 51.1 Å². The molecule has 1 heterocycles. The maximum Gasteiger partial charge on any atom is 0.416 e. The van der Waals surface area contributed by atoms with Gasteiger partial charge in [0.1, 0.15) is 12.0 Å². The Morgan fingerprint density at radius 3 is 2.58 bits per heavy atom. The lowest BCUT2D eigenvalue weighted by molar-refractivity contribution is -0.137. The SMILES string of the molecule is Cc1c(CN[C@H]2CC[C@@H](F)C2)nn(C)c1-c1cc(F)cc(C(F)(F)F)c1. The number of nitrogens with one attached hydrogen (secondary N) is 1. The molecule has 0 saturated heterocycles. The smallest absolute Gasteiger partial charge is 0.308 e. The molecule has 2 atom stereocenters. The number of benzene rings is 1. The Bertz CT molecular complexity index is 797. The minimum Gasteiger partial charge on any atom is -0.308 e. The van der Waals surface area contributed by atoms with Gasteiger partial charge in [0.15, 0.2) is 0 Å². The number of halogens is 5. The summed E-state index contributed by atoms with van der Waals surface area (Å²) in [6, 6.07) is 2.54. The van der Waals surface area contributed by atoms with E-state index < -0.39 is 23.7 Å². The van der Waals surface area contributed by atoms with Gasteiger partial charge in [-0.05, 0) is 49.9 Å². The quantitative estimate of drug-likeness (QED) is 0.798. The van der Waals surface area contributed by atoms with Gasteiger partial charge in [-0.2, -0.15) is 18.3 Å². The van der Waals surface area contributed by atoms with Gasteiger partial charge in [-0.15, -0.1) is 0 Å². The Morgan fingerprint density at radius 2 is 1.96 bits per heavy atom. The highest BCUT2D eigenvalue weighted by molar-refractivity contribution is 5.65. The van der Waals surface area contributed by atoms with E-state index in [1.54, 1.807) is 14.0 Å². The third kappa shape index (κ3) is 3.90. The molecule has 8 heteroatoms. The monoisotopic (exact) mass is 373 g/mol. The third-order valence-corrected chi connectivity index (χ3v) is 4.81. The average molecular weight is 373 g/mol. The van der Waals surface area contributed by atoms with E-state index >= 15 is 0 Å². The molecule has 1 aromatic heterocycles. The largest absolute Gasteiger partial charge is 0.416 e. The first-order valence-corrected chi connectivity index (χ1v) is 8.43. The van der Waals surface area contributed by atoms with Crippen LogP contribution in [0.1, 0.15) is 36.1 Å². The minimum absolute atomic E-state index is 0.0702. The Hall–Kier alpha value is -1.96. The van der Waals surface area contributed by atoms with Crippen LogP contribution < -0.4 is 5.32 Å². The van der Waals surface area contributed by atoms with E-state index in [9.17, 15) is 22.0 Å². The Kier molecular flexibility index (Phi) is 5.05. The predicted octanol–water partition coefficient (Wildman–Crippen LogP) is 4.53. The second-order valence-corrected chi connectivity index (χ2v) is 6.76. The summed E-state index contributed by atoms with van der Waals surface area (Å²) in [6.45, 7) is 2.13. The molecule has 3 nitrogen and oxygen atoms in total. The zero-order valence-corrected chi connectivity index (χ0v) is 14.5. The van der Waals surface area contributed by atoms with Crippen LogP contribution in [-0.2, 0) is 19.8 Å². The highest BCUT2D eigenvalue weighted by Gasteiger charge is 2.32. The molecule has 1 aliphatic carbocycles. The normalized spacial score (nSPS) is 20.7. The Labute approximate surface area is 148 Å². The highest BCUT2D eigenvalue weighted by atomic mass is 19.4. The van der Waals surface area contributed by atoms with Crippen LogP contribution in [0.15, 0.2) is 18.2 Å². The van der Waals surface area contributed by atoms with Crippen LogP contribution in [-0.4, -0.2) is 22.0 Å². The number of hydrogen-bond acceptors (Lipinski definition) is 2. The molecule has 0 unspecified atom stereocenters. The van der Waals surface area contributed by atoms with Gasteiger partial charge in [0, 0.05) is 25.2 Å². The molecule has 3 rings (SSSR count). The van der Waals surface area contributed by atoms with E-state index in [4.69, 9.17) is 0 Å². The van der Waals surface area contributed by atoms with Gasteiger partial charge in [-0.25, -0.2) is 8.78 Å². The zero-order valence-electron chi connectivity index (χ0n) is 14.5. The van der Waals surface area contributed by atoms with Gasteiger partial charge in [-0.1, -0.05) is 0 Å². The van der Waals surface area contributed by atoms with Crippen molar-refractivity contribution >= 4 is 0 Å². The van der Waals surface area contributed by atoms with Crippen LogP contribution in [0, 0.1) is 12.7 Å². The number of alkyl halides is 4. The summed E-state index contributed by atoms with van der Waals surface area (Å²) in [6.07, 6.45) is -3.68. The van der Waals surface area contributed by atoms with Crippen LogP contribution >= 0.6 is 0 Å². The lowest BCUT2D eigenvalue weighted by Crippen LogP contribution is -2.26. The maximum absolute atomic E-state index is 13.7. The fraction of sp³-hybridized carbons (Fsp3) is 0.500. The molecular weight excluding hydrogens is 353 g/mol. The second-order valence-electron chi connectivity index (χ2n) is 6.76. The van der Waals surface area contributed by atoms with Crippen molar-refractivity contribution in [3.63, 3.8) is 0 Å². The molecule has 0 aliphatic heterocycles.